The van der Waals surface area contributed by atoms with Gasteiger partial charge in [-0.05, 0) is 25.2 Å². The highest BCUT2D eigenvalue weighted by Crippen LogP contribution is 2.20. The van der Waals surface area contributed by atoms with Gasteiger partial charge in [0, 0.05) is 6.04 Å². The first kappa shape index (κ1) is 26.4. The lowest BCUT2D eigenvalue weighted by Crippen LogP contribution is -2.26. The van der Waals surface area contributed by atoms with E-state index in [1.54, 1.807) is 0 Å². The van der Waals surface area contributed by atoms with Gasteiger partial charge in [0.25, 0.3) is 0 Å². The molecular formula is C24H49NO2. The first-order valence-electron chi connectivity index (χ1n) is 12.0. The normalized spacial score (nSPS) is 13.5. The number of carbonyl (C=O) groups excluding carboxylic acids is 1. The minimum Gasteiger partial charge on any atom is -0.465 e. The number of nitrogens with two attached hydrogens (primary N) is 1. The smallest absolute Gasteiger partial charge is 0.307 e. The van der Waals surface area contributed by atoms with Crippen LogP contribution in [-0.2, 0) is 9.53 Å². The van der Waals surface area contributed by atoms with Gasteiger partial charge in [-0.1, -0.05) is 104 Å². The van der Waals surface area contributed by atoms with Crippen LogP contribution in [0.3, 0.4) is 0 Å². The summed E-state index contributed by atoms with van der Waals surface area (Å²) in [6.07, 6.45) is 20.3. The fourth-order valence-corrected chi connectivity index (χ4v) is 3.63. The maximum absolute atomic E-state index is 12.1. The molecule has 0 radical (unpaired) electrons. The molecule has 0 rings (SSSR count). The minimum atomic E-state index is -0.0968. The molecule has 2 unspecified atom stereocenters. The zero-order valence-electron chi connectivity index (χ0n) is 18.8. The maximum atomic E-state index is 12.1. The van der Waals surface area contributed by atoms with Gasteiger partial charge in [-0.15, -0.1) is 0 Å². The van der Waals surface area contributed by atoms with E-state index in [0.717, 1.165) is 12.8 Å². The van der Waals surface area contributed by atoms with Crippen LogP contribution in [0.15, 0.2) is 0 Å². The SMILES string of the molecule is CCCCCCCCC(CCCCCC)COC(=O)CC(N)CCCCC. The fraction of sp³-hybridized carbons (Fsp3) is 0.958. The molecule has 0 aromatic heterocycles. The lowest BCUT2D eigenvalue weighted by molar-refractivity contribution is -0.145. The molecule has 0 saturated heterocycles. The summed E-state index contributed by atoms with van der Waals surface area (Å²) < 4.78 is 5.61. The lowest BCUT2D eigenvalue weighted by Gasteiger charge is -2.18. The molecule has 27 heavy (non-hydrogen) atoms. The Morgan fingerprint density at radius 2 is 1.15 bits per heavy atom. The highest BCUT2D eigenvalue weighted by molar-refractivity contribution is 5.70. The lowest BCUT2D eigenvalue weighted by atomic mass is 9.95. The van der Waals surface area contributed by atoms with Gasteiger partial charge in [0.15, 0.2) is 0 Å². The van der Waals surface area contributed by atoms with Gasteiger partial charge in [-0.2, -0.15) is 0 Å². The Labute approximate surface area is 170 Å². The molecule has 0 amide bonds. The molecule has 0 spiro atoms. The van der Waals surface area contributed by atoms with Crippen molar-refractivity contribution >= 4 is 5.97 Å². The van der Waals surface area contributed by atoms with Gasteiger partial charge in [0.1, 0.15) is 0 Å². The van der Waals surface area contributed by atoms with Gasteiger partial charge < -0.3 is 10.5 Å². The molecule has 2 atom stereocenters. The summed E-state index contributed by atoms with van der Waals surface area (Å²) in [6.45, 7) is 7.29. The predicted molar refractivity (Wildman–Crippen MR) is 118 cm³/mol. The van der Waals surface area contributed by atoms with Crippen molar-refractivity contribution in [2.24, 2.45) is 11.7 Å². The molecular weight excluding hydrogens is 334 g/mol. The summed E-state index contributed by atoms with van der Waals surface area (Å²) in [5.41, 5.74) is 6.07. The third kappa shape index (κ3) is 18.6. The van der Waals surface area contributed by atoms with Crippen molar-refractivity contribution in [2.75, 3.05) is 6.61 Å². The van der Waals surface area contributed by atoms with Crippen LogP contribution in [0.4, 0.5) is 0 Å². The van der Waals surface area contributed by atoms with Gasteiger partial charge >= 0.3 is 5.97 Å². The third-order valence-corrected chi connectivity index (χ3v) is 5.52. The summed E-state index contributed by atoms with van der Waals surface area (Å²) in [5, 5.41) is 0. The Morgan fingerprint density at radius 1 is 0.704 bits per heavy atom. The standard InChI is InChI=1S/C24H49NO2/c1-4-7-10-12-13-16-18-22(17-15-11-8-5-2)21-27-24(26)20-23(25)19-14-9-6-3/h22-23H,4-21,25H2,1-3H3. The second-order valence-corrected chi connectivity index (χ2v) is 8.41. The Bertz CT molecular complexity index is 320. The van der Waals surface area contributed by atoms with Gasteiger partial charge in [0.05, 0.1) is 13.0 Å². The van der Waals surface area contributed by atoms with Crippen LogP contribution in [-0.4, -0.2) is 18.6 Å². The number of esters is 1. The molecule has 0 aliphatic carbocycles. The van der Waals surface area contributed by atoms with Crippen LogP contribution in [0.5, 0.6) is 0 Å². The summed E-state index contributed by atoms with van der Waals surface area (Å²) in [5.74, 6) is 0.439. The van der Waals surface area contributed by atoms with Crippen LogP contribution >= 0.6 is 0 Å². The number of ether oxygens (including phenoxy) is 1. The second kappa shape index (κ2) is 20.2. The number of unbranched alkanes of at least 4 members (excludes halogenated alkanes) is 10. The Kier molecular flexibility index (Phi) is 19.7. The van der Waals surface area contributed by atoms with Crippen molar-refractivity contribution in [3.05, 3.63) is 0 Å². The van der Waals surface area contributed by atoms with Crippen molar-refractivity contribution in [3.8, 4) is 0 Å². The zero-order valence-corrected chi connectivity index (χ0v) is 18.8. The average molecular weight is 384 g/mol. The molecule has 0 aromatic carbocycles. The van der Waals surface area contributed by atoms with E-state index >= 15 is 0 Å². The summed E-state index contributed by atoms with van der Waals surface area (Å²) in [6, 6.07) is -0.0365. The largest absolute Gasteiger partial charge is 0.465 e. The summed E-state index contributed by atoms with van der Waals surface area (Å²) >= 11 is 0. The monoisotopic (exact) mass is 383 g/mol. The Hall–Kier alpha value is -0.570. The molecule has 3 heteroatoms. The average Bonchev–Trinajstić information content (AvgIpc) is 2.65. The number of carbonyl (C=O) groups is 1. The minimum absolute atomic E-state index is 0.0365. The fourth-order valence-electron chi connectivity index (χ4n) is 3.63. The van der Waals surface area contributed by atoms with Crippen LogP contribution < -0.4 is 5.73 Å². The quantitative estimate of drug-likeness (QED) is 0.179. The van der Waals surface area contributed by atoms with E-state index in [0.29, 0.717) is 18.9 Å². The molecule has 0 bridgehead atoms. The first-order valence-corrected chi connectivity index (χ1v) is 12.0. The van der Waals surface area contributed by atoms with Crippen molar-refractivity contribution < 1.29 is 9.53 Å². The van der Waals surface area contributed by atoms with E-state index in [2.05, 4.69) is 20.8 Å². The third-order valence-electron chi connectivity index (χ3n) is 5.52. The topological polar surface area (TPSA) is 52.3 Å². The molecule has 0 aromatic rings. The molecule has 0 fully saturated rings. The van der Waals surface area contributed by atoms with E-state index in [4.69, 9.17) is 10.5 Å². The molecule has 162 valence electrons. The molecule has 0 saturated carbocycles. The molecule has 2 N–H and O–H groups in total. The highest BCUT2D eigenvalue weighted by atomic mass is 16.5. The predicted octanol–water partition coefficient (Wildman–Crippen LogP) is 7.16. The van der Waals surface area contributed by atoms with E-state index < -0.39 is 0 Å². The van der Waals surface area contributed by atoms with E-state index in [9.17, 15) is 4.79 Å². The Morgan fingerprint density at radius 3 is 1.74 bits per heavy atom. The van der Waals surface area contributed by atoms with Crippen LogP contribution in [0.2, 0.25) is 0 Å². The van der Waals surface area contributed by atoms with E-state index in [1.807, 2.05) is 0 Å². The molecule has 0 aliphatic rings. The first-order chi connectivity index (χ1) is 13.1. The molecule has 3 nitrogen and oxygen atoms in total. The number of hydrogen-bond acceptors (Lipinski definition) is 3. The van der Waals surface area contributed by atoms with E-state index in [1.165, 1.54) is 89.9 Å². The van der Waals surface area contributed by atoms with E-state index in [-0.39, 0.29) is 12.0 Å². The highest BCUT2D eigenvalue weighted by Gasteiger charge is 2.14. The van der Waals surface area contributed by atoms with Crippen molar-refractivity contribution in [3.63, 3.8) is 0 Å². The number of rotatable bonds is 20. The zero-order chi connectivity index (χ0) is 20.2. The van der Waals surface area contributed by atoms with Crippen LogP contribution in [0.1, 0.15) is 130 Å². The summed E-state index contributed by atoms with van der Waals surface area (Å²) in [7, 11) is 0. The van der Waals surface area contributed by atoms with Crippen LogP contribution in [0, 0.1) is 5.92 Å². The van der Waals surface area contributed by atoms with Gasteiger partial charge in [-0.3, -0.25) is 4.79 Å². The second-order valence-electron chi connectivity index (χ2n) is 8.41. The van der Waals surface area contributed by atoms with Crippen molar-refractivity contribution in [1.82, 2.24) is 0 Å². The van der Waals surface area contributed by atoms with Crippen LogP contribution in [0.25, 0.3) is 0 Å². The Balaban J connectivity index is 4.05. The summed E-state index contributed by atoms with van der Waals surface area (Å²) in [4.78, 5) is 12.1. The van der Waals surface area contributed by atoms with Crippen molar-refractivity contribution in [2.45, 2.75) is 136 Å². The number of hydrogen-bond donors (Lipinski definition) is 1. The maximum Gasteiger partial charge on any atom is 0.307 e. The van der Waals surface area contributed by atoms with Gasteiger partial charge in [-0.25, -0.2) is 0 Å². The molecule has 0 aliphatic heterocycles. The molecule has 0 heterocycles. The van der Waals surface area contributed by atoms with Gasteiger partial charge in [0.2, 0.25) is 0 Å². The van der Waals surface area contributed by atoms with Crippen molar-refractivity contribution in [1.29, 1.82) is 0 Å².